The van der Waals surface area contributed by atoms with Crippen molar-refractivity contribution < 1.29 is 33.3 Å². The molecule has 0 heterocycles. The summed E-state index contributed by atoms with van der Waals surface area (Å²) in [5.74, 6) is -0.158. The predicted molar refractivity (Wildman–Crippen MR) is 126 cm³/mol. The quantitative estimate of drug-likeness (QED) is 0.174. The Morgan fingerprint density at radius 2 is 1.18 bits per heavy atom. The number of rotatable bonds is 24. The lowest BCUT2D eigenvalue weighted by molar-refractivity contribution is -0.131. The van der Waals surface area contributed by atoms with E-state index < -0.39 is 0 Å². The van der Waals surface area contributed by atoms with E-state index in [4.69, 9.17) is 24.7 Å². The van der Waals surface area contributed by atoms with E-state index in [2.05, 4.69) is 10.6 Å². The van der Waals surface area contributed by atoms with Gasteiger partial charge in [0.1, 0.15) is 19.0 Å². The molecule has 0 aliphatic heterocycles. The summed E-state index contributed by atoms with van der Waals surface area (Å²) >= 11 is 0. The van der Waals surface area contributed by atoms with Gasteiger partial charge in [0.05, 0.1) is 26.4 Å². The average Bonchev–Trinajstić information content (AvgIpc) is 2.79. The van der Waals surface area contributed by atoms with Crippen molar-refractivity contribution in [2.24, 2.45) is 11.7 Å². The first-order chi connectivity index (χ1) is 16.0. The first-order valence-corrected chi connectivity index (χ1v) is 12.0. The highest BCUT2D eigenvalue weighted by atomic mass is 16.5. The van der Waals surface area contributed by atoms with Crippen LogP contribution in [0.4, 0.5) is 0 Å². The number of ether oxygens (including phenoxy) is 4. The van der Waals surface area contributed by atoms with Crippen LogP contribution in [0.5, 0.6) is 0 Å². The Labute approximate surface area is 198 Å². The predicted octanol–water partition coefficient (Wildman–Crippen LogP) is 0.810. The smallest absolute Gasteiger partial charge is 0.246 e. The number of nitrogens with two attached hydrogens (primary N) is 1. The minimum atomic E-state index is -0.268. The fourth-order valence-corrected chi connectivity index (χ4v) is 2.59. The van der Waals surface area contributed by atoms with Crippen molar-refractivity contribution in [3.8, 4) is 0 Å². The van der Waals surface area contributed by atoms with Crippen LogP contribution in [0.3, 0.4) is 0 Å². The number of Topliss-reactive ketones (excluding diaryl/α,β-unsaturated/α-hetero) is 1. The molecular weight excluding hydrogens is 430 g/mol. The van der Waals surface area contributed by atoms with E-state index in [1.807, 2.05) is 13.8 Å². The van der Waals surface area contributed by atoms with Gasteiger partial charge >= 0.3 is 0 Å². The van der Waals surface area contributed by atoms with Crippen LogP contribution in [0.15, 0.2) is 0 Å². The fourth-order valence-electron chi connectivity index (χ4n) is 2.59. The van der Waals surface area contributed by atoms with Gasteiger partial charge in [-0.1, -0.05) is 20.3 Å². The number of hydrogen-bond donors (Lipinski definition) is 3. The highest BCUT2D eigenvalue weighted by Gasteiger charge is 2.07. The third-order valence-electron chi connectivity index (χ3n) is 4.56. The largest absolute Gasteiger partial charge is 0.379 e. The Bertz CT molecular complexity index is 504. The summed E-state index contributed by atoms with van der Waals surface area (Å²) in [5, 5.41) is 5.46. The van der Waals surface area contributed by atoms with E-state index in [0.717, 1.165) is 25.7 Å². The molecule has 0 atom stereocenters. The lowest BCUT2D eigenvalue weighted by Crippen LogP contribution is -2.33. The third kappa shape index (κ3) is 23.4. The molecule has 0 bridgehead atoms. The number of carbonyl (C=O) groups excluding carboxylic acids is 3. The summed E-state index contributed by atoms with van der Waals surface area (Å²) in [5.41, 5.74) is 5.37. The van der Waals surface area contributed by atoms with E-state index >= 15 is 0 Å². The van der Waals surface area contributed by atoms with Gasteiger partial charge in [0.15, 0.2) is 0 Å². The third-order valence-corrected chi connectivity index (χ3v) is 4.56. The summed E-state index contributed by atoms with van der Waals surface area (Å²) in [6.45, 7) is 8.39. The highest BCUT2D eigenvalue weighted by molar-refractivity contribution is 5.80. The SMILES string of the molecule is CC(C)C(=O)CCCCCNC(=O)COCC(=O)NCCCOCCOCCOCCCN. The Kier molecular flexibility index (Phi) is 22.4. The second-order valence-electron chi connectivity index (χ2n) is 7.96. The Balaban J connectivity index is 3.35. The summed E-state index contributed by atoms with van der Waals surface area (Å²) in [6.07, 6.45) is 4.67. The zero-order chi connectivity index (χ0) is 24.6. The van der Waals surface area contributed by atoms with Gasteiger partial charge in [0, 0.05) is 38.6 Å². The number of amides is 2. The van der Waals surface area contributed by atoms with Crippen LogP contribution in [0, 0.1) is 5.92 Å². The summed E-state index contributed by atoms with van der Waals surface area (Å²) < 4.78 is 21.2. The summed E-state index contributed by atoms with van der Waals surface area (Å²) in [4.78, 5) is 34.9. The van der Waals surface area contributed by atoms with Gasteiger partial charge in [-0.05, 0) is 32.2 Å². The van der Waals surface area contributed by atoms with Crippen LogP contribution in [0.2, 0.25) is 0 Å². The number of carbonyl (C=O) groups is 3. The molecule has 0 aliphatic carbocycles. The molecule has 4 N–H and O–H groups in total. The van der Waals surface area contributed by atoms with Gasteiger partial charge in [-0.3, -0.25) is 14.4 Å². The molecule has 0 unspecified atom stereocenters. The van der Waals surface area contributed by atoms with E-state index in [0.29, 0.717) is 72.1 Å². The van der Waals surface area contributed by atoms with Gasteiger partial charge in [-0.25, -0.2) is 0 Å². The van der Waals surface area contributed by atoms with Crippen molar-refractivity contribution in [3.63, 3.8) is 0 Å². The van der Waals surface area contributed by atoms with Crippen LogP contribution in [-0.2, 0) is 33.3 Å². The zero-order valence-electron chi connectivity index (χ0n) is 20.5. The summed E-state index contributed by atoms with van der Waals surface area (Å²) in [6, 6.07) is 0. The minimum Gasteiger partial charge on any atom is -0.379 e. The molecular formula is C23H45N3O7. The van der Waals surface area contributed by atoms with E-state index in [-0.39, 0.29) is 36.7 Å². The average molecular weight is 476 g/mol. The second kappa shape index (κ2) is 23.6. The molecule has 0 radical (unpaired) electrons. The first-order valence-electron chi connectivity index (χ1n) is 12.0. The van der Waals surface area contributed by atoms with Crippen molar-refractivity contribution in [3.05, 3.63) is 0 Å². The topological polar surface area (TPSA) is 138 Å². The lowest BCUT2D eigenvalue weighted by Gasteiger charge is -2.08. The van der Waals surface area contributed by atoms with Crippen molar-refractivity contribution in [2.45, 2.75) is 52.4 Å². The maximum Gasteiger partial charge on any atom is 0.246 e. The van der Waals surface area contributed by atoms with Crippen molar-refractivity contribution in [1.29, 1.82) is 0 Å². The molecule has 0 aromatic heterocycles. The van der Waals surface area contributed by atoms with Crippen LogP contribution >= 0.6 is 0 Å². The second-order valence-corrected chi connectivity index (χ2v) is 7.96. The molecule has 0 aromatic carbocycles. The first kappa shape index (κ1) is 31.4. The van der Waals surface area contributed by atoms with Crippen molar-refractivity contribution in [1.82, 2.24) is 10.6 Å². The van der Waals surface area contributed by atoms with E-state index in [1.165, 1.54) is 0 Å². The highest BCUT2D eigenvalue weighted by Crippen LogP contribution is 2.05. The molecule has 0 saturated carbocycles. The van der Waals surface area contributed by atoms with Crippen LogP contribution in [0.1, 0.15) is 52.4 Å². The Morgan fingerprint density at radius 3 is 1.73 bits per heavy atom. The zero-order valence-corrected chi connectivity index (χ0v) is 20.5. The maximum atomic E-state index is 11.7. The van der Waals surface area contributed by atoms with Crippen LogP contribution < -0.4 is 16.4 Å². The molecule has 0 aromatic rings. The van der Waals surface area contributed by atoms with Gasteiger partial charge in [0.25, 0.3) is 0 Å². The number of unbranched alkanes of at least 4 members (excludes halogenated alkanes) is 2. The fraction of sp³-hybridized carbons (Fsp3) is 0.870. The van der Waals surface area contributed by atoms with E-state index in [9.17, 15) is 14.4 Å². The Morgan fingerprint density at radius 1 is 0.667 bits per heavy atom. The van der Waals surface area contributed by atoms with Gasteiger partial charge in [-0.15, -0.1) is 0 Å². The minimum absolute atomic E-state index is 0.0838. The molecule has 33 heavy (non-hydrogen) atoms. The molecule has 10 heteroatoms. The van der Waals surface area contributed by atoms with Crippen molar-refractivity contribution >= 4 is 17.6 Å². The molecule has 0 saturated heterocycles. The molecule has 0 aliphatic rings. The maximum absolute atomic E-state index is 11.7. The number of nitrogens with one attached hydrogen (secondary N) is 2. The van der Waals surface area contributed by atoms with Gasteiger partial charge in [-0.2, -0.15) is 0 Å². The monoisotopic (exact) mass is 475 g/mol. The van der Waals surface area contributed by atoms with Crippen LogP contribution in [-0.4, -0.2) is 90.1 Å². The lowest BCUT2D eigenvalue weighted by atomic mass is 10.0. The molecule has 10 nitrogen and oxygen atoms in total. The molecule has 2 amide bonds. The van der Waals surface area contributed by atoms with Crippen molar-refractivity contribution in [2.75, 3.05) is 72.5 Å². The van der Waals surface area contributed by atoms with E-state index in [1.54, 1.807) is 0 Å². The number of hydrogen-bond acceptors (Lipinski definition) is 8. The Hall–Kier alpha value is -1.59. The molecule has 194 valence electrons. The molecule has 0 fully saturated rings. The van der Waals surface area contributed by atoms with Gasteiger partial charge in [0.2, 0.25) is 11.8 Å². The van der Waals surface area contributed by atoms with Gasteiger partial charge < -0.3 is 35.3 Å². The van der Waals surface area contributed by atoms with Crippen LogP contribution in [0.25, 0.3) is 0 Å². The standard InChI is InChI=1S/C23H45N3O7/c1-20(2)21(27)8-4-3-5-10-25-22(28)18-33-19-23(29)26-11-7-13-31-15-17-32-16-14-30-12-6-9-24/h20H,3-19,24H2,1-2H3,(H,25,28)(H,26,29). The molecule has 0 spiro atoms. The normalized spacial score (nSPS) is 11.0. The molecule has 0 rings (SSSR count). The summed E-state index contributed by atoms with van der Waals surface area (Å²) in [7, 11) is 0. The number of ketones is 1.